The largest absolute Gasteiger partial charge is 0.495 e. The van der Waals surface area contributed by atoms with Gasteiger partial charge in [0.25, 0.3) is 0 Å². The molecule has 1 N–H and O–H groups in total. The Labute approximate surface area is 128 Å². The molecule has 2 aliphatic rings. The van der Waals surface area contributed by atoms with E-state index >= 15 is 0 Å². The van der Waals surface area contributed by atoms with Crippen molar-refractivity contribution >= 4 is 5.69 Å². The first-order valence-electron chi connectivity index (χ1n) is 8.25. The number of piperazine rings is 1. The van der Waals surface area contributed by atoms with Crippen LogP contribution in [0.25, 0.3) is 0 Å². The van der Waals surface area contributed by atoms with E-state index in [0.29, 0.717) is 18.0 Å². The lowest BCUT2D eigenvalue weighted by molar-refractivity contribution is 0.316. The van der Waals surface area contributed by atoms with Gasteiger partial charge in [-0.15, -0.1) is 0 Å². The maximum atomic E-state index is 5.63. The summed E-state index contributed by atoms with van der Waals surface area (Å²) in [5, 5.41) is 3.78. The Morgan fingerprint density at radius 3 is 2.67 bits per heavy atom. The fourth-order valence-corrected chi connectivity index (χ4v) is 3.51. The molecule has 0 bridgehead atoms. The van der Waals surface area contributed by atoms with E-state index in [2.05, 4.69) is 49.2 Å². The van der Waals surface area contributed by atoms with Crippen LogP contribution in [-0.4, -0.2) is 32.3 Å². The minimum Gasteiger partial charge on any atom is -0.495 e. The zero-order valence-electron chi connectivity index (χ0n) is 13.7. The molecule has 1 aliphatic heterocycles. The van der Waals surface area contributed by atoms with Crippen LogP contribution in [0, 0.1) is 18.8 Å². The summed E-state index contributed by atoms with van der Waals surface area (Å²) >= 11 is 0. The summed E-state index contributed by atoms with van der Waals surface area (Å²) in [6.45, 7) is 8.98. The maximum absolute atomic E-state index is 5.63. The van der Waals surface area contributed by atoms with E-state index in [1.165, 1.54) is 24.1 Å². The van der Waals surface area contributed by atoms with E-state index in [4.69, 9.17) is 4.74 Å². The van der Waals surface area contributed by atoms with Crippen molar-refractivity contribution in [1.29, 1.82) is 0 Å². The number of hydrogen-bond donors (Lipinski definition) is 1. The quantitative estimate of drug-likeness (QED) is 0.920. The smallest absolute Gasteiger partial charge is 0.142 e. The van der Waals surface area contributed by atoms with E-state index in [0.717, 1.165) is 24.8 Å². The zero-order valence-corrected chi connectivity index (χ0v) is 13.7. The van der Waals surface area contributed by atoms with Crippen molar-refractivity contribution in [1.82, 2.24) is 5.32 Å². The van der Waals surface area contributed by atoms with Crippen molar-refractivity contribution in [2.45, 2.75) is 45.7 Å². The van der Waals surface area contributed by atoms with E-state index in [1.54, 1.807) is 7.11 Å². The molecular formula is C18H28N2O. The van der Waals surface area contributed by atoms with E-state index in [9.17, 15) is 0 Å². The number of benzene rings is 1. The second kappa shape index (κ2) is 5.88. The van der Waals surface area contributed by atoms with Crippen molar-refractivity contribution < 1.29 is 4.74 Å². The molecule has 0 aromatic heterocycles. The highest BCUT2D eigenvalue weighted by molar-refractivity contribution is 5.61. The number of nitrogens with one attached hydrogen (secondary N) is 1. The highest BCUT2D eigenvalue weighted by Crippen LogP contribution is 2.38. The molecule has 3 heteroatoms. The fourth-order valence-electron chi connectivity index (χ4n) is 3.51. The molecule has 1 aromatic rings. The summed E-state index contributed by atoms with van der Waals surface area (Å²) in [5.74, 6) is 2.52. The zero-order chi connectivity index (χ0) is 15.0. The Kier molecular flexibility index (Phi) is 4.12. The van der Waals surface area contributed by atoms with Crippen LogP contribution >= 0.6 is 0 Å². The van der Waals surface area contributed by atoms with Gasteiger partial charge in [0.1, 0.15) is 5.75 Å². The third-order valence-electron chi connectivity index (χ3n) is 4.99. The van der Waals surface area contributed by atoms with Gasteiger partial charge in [-0.25, -0.2) is 0 Å². The predicted octanol–water partition coefficient (Wildman–Crippen LogP) is 3.22. The van der Waals surface area contributed by atoms with Crippen LogP contribution in [0.3, 0.4) is 0 Å². The lowest BCUT2D eigenvalue weighted by Crippen LogP contribution is -2.59. The van der Waals surface area contributed by atoms with Crippen LogP contribution in [0.1, 0.15) is 32.3 Å². The average Bonchev–Trinajstić information content (AvgIpc) is 3.31. The lowest BCUT2D eigenvalue weighted by atomic mass is 9.95. The van der Waals surface area contributed by atoms with Gasteiger partial charge in [0.2, 0.25) is 0 Å². The van der Waals surface area contributed by atoms with Gasteiger partial charge in [0, 0.05) is 25.2 Å². The minimum atomic E-state index is 0.538. The second-order valence-electron chi connectivity index (χ2n) is 6.99. The summed E-state index contributed by atoms with van der Waals surface area (Å²) in [5.41, 5.74) is 2.57. The number of rotatable bonds is 4. The Hall–Kier alpha value is -1.22. The van der Waals surface area contributed by atoms with Crippen LogP contribution in [0.5, 0.6) is 5.75 Å². The molecular weight excluding hydrogens is 260 g/mol. The molecule has 1 aromatic carbocycles. The molecule has 3 rings (SSSR count). The Balaban J connectivity index is 1.92. The minimum absolute atomic E-state index is 0.538. The first kappa shape index (κ1) is 14.7. The summed E-state index contributed by atoms with van der Waals surface area (Å²) in [7, 11) is 1.78. The summed E-state index contributed by atoms with van der Waals surface area (Å²) < 4.78 is 5.63. The van der Waals surface area contributed by atoms with E-state index < -0.39 is 0 Å². The second-order valence-corrected chi connectivity index (χ2v) is 6.99. The number of methoxy groups -OCH3 is 1. The molecule has 21 heavy (non-hydrogen) atoms. The van der Waals surface area contributed by atoms with Crippen molar-refractivity contribution in [3.8, 4) is 5.75 Å². The third-order valence-corrected chi connectivity index (χ3v) is 4.99. The topological polar surface area (TPSA) is 24.5 Å². The SMILES string of the molecule is COc1ccc(C)cc1N1CC(C2CC2)NCC1C(C)C. The standard InChI is InChI=1S/C18H28N2O/c1-12(2)17-10-19-15(14-6-7-14)11-20(17)16-9-13(3)5-8-18(16)21-4/h5,8-9,12,14-15,17,19H,6-7,10-11H2,1-4H3. The van der Waals surface area contributed by atoms with Gasteiger partial charge in [0.15, 0.2) is 0 Å². The molecule has 1 heterocycles. The molecule has 1 saturated carbocycles. The molecule has 1 aliphatic carbocycles. The van der Waals surface area contributed by atoms with Crippen molar-refractivity contribution in [2.24, 2.45) is 11.8 Å². The molecule has 116 valence electrons. The summed E-state index contributed by atoms with van der Waals surface area (Å²) in [6.07, 6.45) is 2.78. The molecule has 1 saturated heterocycles. The lowest BCUT2D eigenvalue weighted by Gasteiger charge is -2.44. The van der Waals surface area contributed by atoms with Crippen LogP contribution in [0.15, 0.2) is 18.2 Å². The van der Waals surface area contributed by atoms with Gasteiger partial charge in [-0.3, -0.25) is 0 Å². The van der Waals surface area contributed by atoms with Gasteiger partial charge in [-0.2, -0.15) is 0 Å². The third kappa shape index (κ3) is 3.03. The van der Waals surface area contributed by atoms with Gasteiger partial charge in [-0.05, 0) is 49.3 Å². The highest BCUT2D eigenvalue weighted by Gasteiger charge is 2.38. The summed E-state index contributed by atoms with van der Waals surface area (Å²) in [6, 6.07) is 7.70. The number of nitrogens with zero attached hydrogens (tertiary/aromatic N) is 1. The van der Waals surface area contributed by atoms with Crippen molar-refractivity contribution in [3.63, 3.8) is 0 Å². The molecule has 0 amide bonds. The molecule has 2 fully saturated rings. The normalized spacial score (nSPS) is 26.2. The molecule has 3 nitrogen and oxygen atoms in total. The fraction of sp³-hybridized carbons (Fsp3) is 0.667. The first-order valence-corrected chi connectivity index (χ1v) is 8.25. The number of hydrogen-bond acceptors (Lipinski definition) is 3. The average molecular weight is 288 g/mol. The number of ether oxygens (including phenoxy) is 1. The number of aryl methyl sites for hydroxylation is 1. The van der Waals surface area contributed by atoms with Gasteiger partial charge in [0.05, 0.1) is 12.8 Å². The Bertz CT molecular complexity index is 496. The van der Waals surface area contributed by atoms with Crippen LogP contribution in [-0.2, 0) is 0 Å². The van der Waals surface area contributed by atoms with Gasteiger partial charge in [-0.1, -0.05) is 19.9 Å². The molecule has 0 spiro atoms. The predicted molar refractivity (Wildman–Crippen MR) is 88.2 cm³/mol. The summed E-state index contributed by atoms with van der Waals surface area (Å²) in [4.78, 5) is 2.59. The van der Waals surface area contributed by atoms with Crippen molar-refractivity contribution in [3.05, 3.63) is 23.8 Å². The Morgan fingerprint density at radius 2 is 2.05 bits per heavy atom. The molecule has 2 unspecified atom stereocenters. The highest BCUT2D eigenvalue weighted by atomic mass is 16.5. The maximum Gasteiger partial charge on any atom is 0.142 e. The molecule has 2 atom stereocenters. The van der Waals surface area contributed by atoms with E-state index in [1.807, 2.05) is 0 Å². The number of anilines is 1. The monoisotopic (exact) mass is 288 g/mol. The van der Waals surface area contributed by atoms with Gasteiger partial charge < -0.3 is 15.0 Å². The van der Waals surface area contributed by atoms with Crippen LogP contribution < -0.4 is 15.0 Å². The van der Waals surface area contributed by atoms with E-state index in [-0.39, 0.29) is 0 Å². The van der Waals surface area contributed by atoms with Crippen LogP contribution in [0.4, 0.5) is 5.69 Å². The van der Waals surface area contributed by atoms with Crippen molar-refractivity contribution in [2.75, 3.05) is 25.1 Å². The first-order chi connectivity index (χ1) is 10.1. The molecule has 0 radical (unpaired) electrons. The van der Waals surface area contributed by atoms with Crippen LogP contribution in [0.2, 0.25) is 0 Å². The Morgan fingerprint density at radius 1 is 1.29 bits per heavy atom. The van der Waals surface area contributed by atoms with Gasteiger partial charge >= 0.3 is 0 Å².